The maximum Gasteiger partial charge on any atom is 0.387 e. The Bertz CT molecular complexity index is 963. The number of fused-ring (bicyclic) bond motifs is 3. The molecule has 2 aromatic carbocycles. The summed E-state index contributed by atoms with van der Waals surface area (Å²) in [5.41, 5.74) is 1.92. The Hall–Kier alpha value is -1.70. The Morgan fingerprint density at radius 2 is 2.12 bits per heavy atom. The molecule has 1 N–H and O–H groups in total. The fourth-order valence-corrected chi connectivity index (χ4v) is 4.00. The molecule has 2 heterocycles. The van der Waals surface area contributed by atoms with Gasteiger partial charge in [-0.15, -0.1) is 0 Å². The van der Waals surface area contributed by atoms with Crippen LogP contribution in [0.4, 0.5) is 8.78 Å². The minimum Gasteiger partial charge on any atom is -0.434 e. The predicted octanol–water partition coefficient (Wildman–Crippen LogP) is 5.08. The molecule has 0 bridgehead atoms. The van der Waals surface area contributed by atoms with Crippen LogP contribution in [0.2, 0.25) is 5.02 Å². The van der Waals surface area contributed by atoms with Gasteiger partial charge in [0, 0.05) is 21.5 Å². The fraction of sp³-hybridized carbons (Fsp3) is 0.235. The molecule has 0 saturated heterocycles. The van der Waals surface area contributed by atoms with Crippen LogP contribution in [0.5, 0.6) is 5.75 Å². The number of aliphatic hydroxyl groups is 1. The molecule has 8 heteroatoms. The first-order valence-electron chi connectivity index (χ1n) is 7.54. The molecule has 2 unspecified atom stereocenters. The summed E-state index contributed by atoms with van der Waals surface area (Å²) in [6.45, 7) is -2.96. The second kappa shape index (κ2) is 6.23. The molecule has 1 aromatic heterocycles. The number of hydrogen-bond acceptors (Lipinski definition) is 3. The van der Waals surface area contributed by atoms with Gasteiger partial charge in [-0.3, -0.25) is 0 Å². The first kappa shape index (κ1) is 16.8. The van der Waals surface area contributed by atoms with Crippen molar-refractivity contribution in [1.82, 2.24) is 9.55 Å². The third kappa shape index (κ3) is 2.80. The summed E-state index contributed by atoms with van der Waals surface area (Å²) < 4.78 is 32.9. The maximum absolute atomic E-state index is 12.8. The van der Waals surface area contributed by atoms with E-state index in [-0.39, 0.29) is 12.2 Å². The van der Waals surface area contributed by atoms with Gasteiger partial charge in [0.05, 0.1) is 17.1 Å². The molecular weight excluding hydrogens is 418 g/mol. The summed E-state index contributed by atoms with van der Waals surface area (Å²) in [4.78, 5) is 4.47. The zero-order chi connectivity index (χ0) is 17.7. The Labute approximate surface area is 155 Å². The zero-order valence-corrected chi connectivity index (χ0v) is 15.0. The third-order valence-electron chi connectivity index (χ3n) is 4.30. The van der Waals surface area contributed by atoms with Crippen LogP contribution >= 0.6 is 27.5 Å². The van der Waals surface area contributed by atoms with E-state index in [0.29, 0.717) is 21.9 Å². The summed E-state index contributed by atoms with van der Waals surface area (Å²) in [6.07, 6.45) is -0.527. The van der Waals surface area contributed by atoms with Crippen molar-refractivity contribution in [2.75, 3.05) is 0 Å². The van der Waals surface area contributed by atoms with Gasteiger partial charge in [0.1, 0.15) is 17.7 Å². The standard InChI is InChI=1S/C17H12BrClF2N2O2/c18-8-4-5-10-11(6-8)23-12(7-13(24)16(23)22-10)15-9(19)2-1-3-14(15)25-17(20)21/h1-6,12-13,17,24H,7H2. The first-order chi connectivity index (χ1) is 12.0. The van der Waals surface area contributed by atoms with Crippen LogP contribution in [0.3, 0.4) is 0 Å². The van der Waals surface area contributed by atoms with Crippen molar-refractivity contribution in [3.63, 3.8) is 0 Å². The zero-order valence-electron chi connectivity index (χ0n) is 12.7. The second-order valence-electron chi connectivity index (χ2n) is 5.77. The Balaban J connectivity index is 1.93. The summed E-state index contributed by atoms with van der Waals surface area (Å²) in [6, 6.07) is 9.73. The number of rotatable bonds is 3. The smallest absolute Gasteiger partial charge is 0.387 e. The molecule has 4 rings (SSSR count). The first-order valence-corrected chi connectivity index (χ1v) is 8.71. The number of ether oxygens (including phenoxy) is 1. The molecule has 1 aliphatic rings. The molecule has 0 fully saturated rings. The van der Waals surface area contributed by atoms with Gasteiger partial charge in [-0.1, -0.05) is 33.6 Å². The van der Waals surface area contributed by atoms with Crippen molar-refractivity contribution in [2.45, 2.75) is 25.2 Å². The average Bonchev–Trinajstić information content (AvgIpc) is 3.05. The third-order valence-corrected chi connectivity index (χ3v) is 5.12. The monoisotopic (exact) mass is 428 g/mol. The van der Waals surface area contributed by atoms with Crippen LogP contribution < -0.4 is 4.74 Å². The number of halogens is 4. The van der Waals surface area contributed by atoms with E-state index in [9.17, 15) is 13.9 Å². The number of imidazole rings is 1. The van der Waals surface area contributed by atoms with Crippen LogP contribution in [0.1, 0.15) is 30.0 Å². The number of hydrogen-bond donors (Lipinski definition) is 1. The molecule has 3 aromatic rings. The topological polar surface area (TPSA) is 47.3 Å². The molecule has 130 valence electrons. The summed E-state index contributed by atoms with van der Waals surface area (Å²) in [5.74, 6) is 0.491. The van der Waals surface area contributed by atoms with E-state index in [4.69, 9.17) is 11.6 Å². The van der Waals surface area contributed by atoms with Crippen LogP contribution in [0.25, 0.3) is 11.0 Å². The second-order valence-corrected chi connectivity index (χ2v) is 7.09. The largest absolute Gasteiger partial charge is 0.434 e. The van der Waals surface area contributed by atoms with E-state index >= 15 is 0 Å². The van der Waals surface area contributed by atoms with Gasteiger partial charge >= 0.3 is 6.61 Å². The predicted molar refractivity (Wildman–Crippen MR) is 93.2 cm³/mol. The molecule has 4 nitrogen and oxygen atoms in total. The van der Waals surface area contributed by atoms with Crippen LogP contribution in [0.15, 0.2) is 40.9 Å². The molecule has 0 spiro atoms. The van der Waals surface area contributed by atoms with E-state index in [0.717, 1.165) is 9.99 Å². The van der Waals surface area contributed by atoms with Crippen LogP contribution in [-0.4, -0.2) is 21.3 Å². The van der Waals surface area contributed by atoms with Gasteiger partial charge in [-0.2, -0.15) is 8.78 Å². The Morgan fingerprint density at radius 1 is 1.32 bits per heavy atom. The number of aliphatic hydroxyl groups excluding tert-OH is 1. The highest BCUT2D eigenvalue weighted by Crippen LogP contribution is 2.46. The van der Waals surface area contributed by atoms with E-state index < -0.39 is 18.8 Å². The minimum atomic E-state index is -2.96. The number of benzene rings is 2. The number of nitrogens with zero attached hydrogens (tertiary/aromatic N) is 2. The van der Waals surface area contributed by atoms with Crippen LogP contribution in [0, 0.1) is 0 Å². The lowest BCUT2D eigenvalue weighted by molar-refractivity contribution is -0.0507. The van der Waals surface area contributed by atoms with Gasteiger partial charge < -0.3 is 14.4 Å². The Kier molecular flexibility index (Phi) is 4.17. The molecule has 0 aliphatic carbocycles. The van der Waals surface area contributed by atoms with E-state index in [1.807, 2.05) is 22.8 Å². The lowest BCUT2D eigenvalue weighted by atomic mass is 10.0. The highest BCUT2D eigenvalue weighted by atomic mass is 79.9. The molecule has 0 amide bonds. The van der Waals surface area contributed by atoms with E-state index in [2.05, 4.69) is 25.7 Å². The maximum atomic E-state index is 12.8. The van der Waals surface area contributed by atoms with Crippen molar-refractivity contribution < 1.29 is 18.6 Å². The summed E-state index contributed by atoms with van der Waals surface area (Å²) >= 11 is 9.73. The Morgan fingerprint density at radius 3 is 2.88 bits per heavy atom. The highest BCUT2D eigenvalue weighted by molar-refractivity contribution is 9.10. The van der Waals surface area contributed by atoms with E-state index in [1.54, 1.807) is 12.1 Å². The fourth-order valence-electron chi connectivity index (χ4n) is 3.36. The van der Waals surface area contributed by atoms with E-state index in [1.165, 1.54) is 6.07 Å². The molecule has 1 aliphatic heterocycles. The summed E-state index contributed by atoms with van der Waals surface area (Å²) in [5, 5.41) is 10.7. The van der Waals surface area contributed by atoms with Crippen molar-refractivity contribution in [3.05, 3.63) is 57.3 Å². The lowest BCUT2D eigenvalue weighted by Crippen LogP contribution is -2.11. The quantitative estimate of drug-likeness (QED) is 0.631. The van der Waals surface area contributed by atoms with Gasteiger partial charge in [0.15, 0.2) is 0 Å². The van der Waals surface area contributed by atoms with Crippen molar-refractivity contribution in [2.24, 2.45) is 0 Å². The molecule has 2 atom stereocenters. The molecule has 0 radical (unpaired) electrons. The highest BCUT2D eigenvalue weighted by Gasteiger charge is 2.36. The normalized spacial score (nSPS) is 19.6. The van der Waals surface area contributed by atoms with Gasteiger partial charge in [0.25, 0.3) is 0 Å². The van der Waals surface area contributed by atoms with Crippen molar-refractivity contribution >= 4 is 38.6 Å². The lowest BCUT2D eigenvalue weighted by Gasteiger charge is -2.20. The molecular formula is C17H12BrClF2N2O2. The SMILES string of the molecule is OC1CC(c2c(Cl)cccc2OC(F)F)n2c1nc1ccc(Br)cc12. The molecule has 25 heavy (non-hydrogen) atoms. The summed E-state index contributed by atoms with van der Waals surface area (Å²) in [7, 11) is 0. The van der Waals surface area contributed by atoms with Crippen LogP contribution in [-0.2, 0) is 0 Å². The van der Waals surface area contributed by atoms with Crippen molar-refractivity contribution in [3.8, 4) is 5.75 Å². The number of aromatic nitrogens is 2. The minimum absolute atomic E-state index is 0.00407. The van der Waals surface area contributed by atoms with Gasteiger partial charge in [0.2, 0.25) is 0 Å². The van der Waals surface area contributed by atoms with Gasteiger partial charge in [-0.25, -0.2) is 4.98 Å². The van der Waals surface area contributed by atoms with Crippen molar-refractivity contribution in [1.29, 1.82) is 0 Å². The van der Waals surface area contributed by atoms with Gasteiger partial charge in [-0.05, 0) is 30.3 Å². The number of alkyl halides is 2. The molecule has 0 saturated carbocycles. The average molecular weight is 430 g/mol.